The third-order valence-electron chi connectivity index (χ3n) is 7.52. The number of hydrogen-bond acceptors (Lipinski definition) is 8. The Morgan fingerprint density at radius 1 is 0.951 bits per heavy atom. The van der Waals surface area contributed by atoms with Gasteiger partial charge in [-0.1, -0.05) is 24.3 Å². The maximum Gasteiger partial charge on any atom is 0.309 e. The number of aryl methyl sites for hydroxylation is 1. The van der Waals surface area contributed by atoms with Crippen LogP contribution in [0.2, 0.25) is 0 Å². The van der Waals surface area contributed by atoms with E-state index in [0.29, 0.717) is 50.3 Å². The Balaban J connectivity index is 1.58. The van der Waals surface area contributed by atoms with E-state index in [0.717, 1.165) is 24.0 Å². The maximum absolute atomic E-state index is 14.0. The molecule has 0 bridgehead atoms. The second-order valence-corrected chi connectivity index (χ2v) is 12.0. The number of hydrogen-bond donors (Lipinski definition) is 2. The van der Waals surface area contributed by atoms with Crippen molar-refractivity contribution >= 4 is 39.2 Å². The highest BCUT2D eigenvalue weighted by Gasteiger charge is 2.32. The van der Waals surface area contributed by atoms with Gasteiger partial charge in [0.05, 0.1) is 31.2 Å². The number of benzene rings is 2. The SMILES string of the molecule is CCOC(=O)CCC(=O)Nc1ccc(N2CCC(C(=O)OCC)CC2)c(S(=O)(=O)NC2CCCc3ccccc32)c1. The van der Waals surface area contributed by atoms with Crippen LogP contribution in [0.15, 0.2) is 47.4 Å². The second-order valence-electron chi connectivity index (χ2n) is 10.3. The Kier molecular flexibility index (Phi) is 10.4. The lowest BCUT2D eigenvalue weighted by molar-refractivity contribution is -0.148. The summed E-state index contributed by atoms with van der Waals surface area (Å²) in [4.78, 5) is 38.5. The fourth-order valence-corrected chi connectivity index (χ4v) is 6.98. The lowest BCUT2D eigenvalue weighted by Crippen LogP contribution is -2.38. The van der Waals surface area contributed by atoms with Crippen LogP contribution in [-0.4, -0.2) is 52.6 Å². The summed E-state index contributed by atoms with van der Waals surface area (Å²) in [5.41, 5.74) is 2.93. The summed E-state index contributed by atoms with van der Waals surface area (Å²) >= 11 is 0. The molecule has 0 saturated carbocycles. The molecule has 11 heteroatoms. The molecule has 1 amide bonds. The van der Waals surface area contributed by atoms with Gasteiger partial charge in [0, 0.05) is 31.2 Å². The van der Waals surface area contributed by atoms with Crippen molar-refractivity contribution in [2.45, 2.75) is 69.7 Å². The van der Waals surface area contributed by atoms with Gasteiger partial charge in [0.15, 0.2) is 0 Å². The van der Waals surface area contributed by atoms with Gasteiger partial charge in [-0.3, -0.25) is 14.4 Å². The van der Waals surface area contributed by atoms with Crippen LogP contribution in [0.5, 0.6) is 0 Å². The van der Waals surface area contributed by atoms with Crippen LogP contribution >= 0.6 is 0 Å². The summed E-state index contributed by atoms with van der Waals surface area (Å²) in [6.45, 7) is 5.01. The monoisotopic (exact) mass is 585 g/mol. The van der Waals surface area contributed by atoms with E-state index in [-0.39, 0.29) is 42.3 Å². The van der Waals surface area contributed by atoms with E-state index in [4.69, 9.17) is 9.47 Å². The van der Waals surface area contributed by atoms with Crippen molar-refractivity contribution in [3.05, 3.63) is 53.6 Å². The Morgan fingerprint density at radius 3 is 2.41 bits per heavy atom. The largest absolute Gasteiger partial charge is 0.466 e. The minimum absolute atomic E-state index is 0.0540. The molecule has 2 aromatic rings. The zero-order valence-corrected chi connectivity index (χ0v) is 24.5. The predicted molar refractivity (Wildman–Crippen MR) is 155 cm³/mol. The number of rotatable bonds is 11. The van der Waals surface area contributed by atoms with Crippen LogP contribution in [0, 0.1) is 5.92 Å². The lowest BCUT2D eigenvalue weighted by Gasteiger charge is -2.34. The van der Waals surface area contributed by atoms with E-state index >= 15 is 0 Å². The molecule has 1 aliphatic carbocycles. The highest BCUT2D eigenvalue weighted by molar-refractivity contribution is 7.89. The van der Waals surface area contributed by atoms with E-state index in [1.165, 1.54) is 6.07 Å². The number of nitrogens with zero attached hydrogens (tertiary/aromatic N) is 1. The molecular weight excluding hydrogens is 546 g/mol. The molecule has 0 radical (unpaired) electrons. The number of amides is 1. The fraction of sp³-hybridized carbons (Fsp3) is 0.500. The zero-order chi connectivity index (χ0) is 29.4. The average Bonchev–Trinajstić information content (AvgIpc) is 2.96. The third-order valence-corrected chi connectivity index (χ3v) is 9.02. The van der Waals surface area contributed by atoms with E-state index in [1.54, 1.807) is 26.0 Å². The summed E-state index contributed by atoms with van der Waals surface area (Å²) in [6.07, 6.45) is 3.41. The van der Waals surface area contributed by atoms with Gasteiger partial charge in [-0.05, 0) is 75.3 Å². The average molecular weight is 586 g/mol. The van der Waals surface area contributed by atoms with E-state index < -0.39 is 21.9 Å². The number of ether oxygens (including phenoxy) is 2. The molecule has 0 aromatic heterocycles. The van der Waals surface area contributed by atoms with Gasteiger partial charge in [-0.2, -0.15) is 0 Å². The van der Waals surface area contributed by atoms with Crippen LogP contribution < -0.4 is 14.9 Å². The van der Waals surface area contributed by atoms with E-state index in [9.17, 15) is 22.8 Å². The molecule has 1 saturated heterocycles. The zero-order valence-electron chi connectivity index (χ0n) is 23.7. The molecule has 1 unspecified atom stereocenters. The number of piperidine rings is 1. The Morgan fingerprint density at radius 2 is 1.68 bits per heavy atom. The topological polar surface area (TPSA) is 131 Å². The first-order valence-corrected chi connectivity index (χ1v) is 15.8. The quantitative estimate of drug-likeness (QED) is 0.377. The van der Waals surface area contributed by atoms with Crippen molar-refractivity contribution in [3.8, 4) is 0 Å². The molecule has 2 aliphatic rings. The number of carbonyl (C=O) groups is 3. The smallest absolute Gasteiger partial charge is 0.309 e. The molecule has 1 aliphatic heterocycles. The summed E-state index contributed by atoms with van der Waals surface area (Å²) in [5.74, 6) is -1.33. The molecule has 0 spiro atoms. The normalized spacial score (nSPS) is 17.4. The molecule has 2 N–H and O–H groups in total. The van der Waals surface area contributed by atoms with Gasteiger partial charge < -0.3 is 19.7 Å². The molecule has 1 heterocycles. The summed E-state index contributed by atoms with van der Waals surface area (Å²) < 4.78 is 40.9. The van der Waals surface area contributed by atoms with Gasteiger partial charge in [0.1, 0.15) is 4.90 Å². The number of carbonyl (C=O) groups excluding carboxylic acids is 3. The van der Waals surface area contributed by atoms with Crippen molar-refractivity contribution in [2.75, 3.05) is 36.5 Å². The van der Waals surface area contributed by atoms with Crippen molar-refractivity contribution in [1.82, 2.24) is 4.72 Å². The molecule has 4 rings (SSSR count). The van der Waals surface area contributed by atoms with Gasteiger partial charge in [0.2, 0.25) is 15.9 Å². The van der Waals surface area contributed by atoms with Gasteiger partial charge in [0.25, 0.3) is 0 Å². The van der Waals surface area contributed by atoms with Crippen molar-refractivity contribution in [3.63, 3.8) is 0 Å². The molecule has 1 fully saturated rings. The van der Waals surface area contributed by atoms with E-state index in [1.807, 2.05) is 29.2 Å². The van der Waals surface area contributed by atoms with Crippen LogP contribution in [-0.2, 0) is 40.3 Å². The highest BCUT2D eigenvalue weighted by atomic mass is 32.2. The molecule has 10 nitrogen and oxygen atoms in total. The molecule has 1 atom stereocenters. The number of esters is 2. The first kappa shape index (κ1) is 30.5. The van der Waals surface area contributed by atoms with Crippen LogP contribution in [0.3, 0.4) is 0 Å². The van der Waals surface area contributed by atoms with Gasteiger partial charge in [-0.25, -0.2) is 13.1 Å². The van der Waals surface area contributed by atoms with Gasteiger partial charge in [-0.15, -0.1) is 0 Å². The van der Waals surface area contributed by atoms with Crippen molar-refractivity contribution < 1.29 is 32.3 Å². The minimum atomic E-state index is -4.02. The number of sulfonamides is 1. The third kappa shape index (κ3) is 7.85. The summed E-state index contributed by atoms with van der Waals surface area (Å²) in [6, 6.07) is 12.3. The summed E-state index contributed by atoms with van der Waals surface area (Å²) in [5, 5.41) is 2.72. The molecule has 41 heavy (non-hydrogen) atoms. The summed E-state index contributed by atoms with van der Waals surface area (Å²) in [7, 11) is -4.02. The van der Waals surface area contributed by atoms with Crippen LogP contribution in [0.1, 0.15) is 69.5 Å². The predicted octanol–water partition coefficient (Wildman–Crippen LogP) is 4.10. The van der Waals surface area contributed by atoms with Crippen LogP contribution in [0.25, 0.3) is 0 Å². The Labute approximate surface area is 241 Å². The number of nitrogens with one attached hydrogen (secondary N) is 2. The fourth-order valence-electron chi connectivity index (χ4n) is 5.48. The lowest BCUT2D eigenvalue weighted by atomic mass is 9.88. The minimum Gasteiger partial charge on any atom is -0.466 e. The Bertz CT molecular complexity index is 1350. The Hall–Kier alpha value is -3.44. The van der Waals surface area contributed by atoms with Gasteiger partial charge >= 0.3 is 11.9 Å². The van der Waals surface area contributed by atoms with Crippen molar-refractivity contribution in [1.29, 1.82) is 0 Å². The highest BCUT2D eigenvalue weighted by Crippen LogP contribution is 2.35. The molecule has 222 valence electrons. The molecule has 2 aromatic carbocycles. The first-order valence-electron chi connectivity index (χ1n) is 14.3. The van der Waals surface area contributed by atoms with Crippen molar-refractivity contribution in [2.24, 2.45) is 5.92 Å². The molecular formula is C30H39N3O7S. The van der Waals surface area contributed by atoms with Crippen LogP contribution in [0.4, 0.5) is 11.4 Å². The second kappa shape index (κ2) is 14.0. The van der Waals surface area contributed by atoms with E-state index in [2.05, 4.69) is 10.0 Å². The number of anilines is 2. The number of fused-ring (bicyclic) bond motifs is 1. The standard InChI is InChI=1S/C30H39N3O7S/c1-3-39-29(35)15-14-28(34)31-23-12-13-26(33-18-16-22(17-19-33)30(36)40-4-2)27(20-23)41(37,38)32-25-11-7-9-21-8-5-6-10-24(21)25/h5-6,8,10,12-13,20,22,25,32H,3-4,7,9,11,14-19H2,1-2H3,(H,31,34). The maximum atomic E-state index is 14.0. The first-order chi connectivity index (χ1) is 19.7.